The van der Waals surface area contributed by atoms with Crippen LogP contribution in [-0.2, 0) is 6.42 Å². The molecule has 0 unspecified atom stereocenters. The second kappa shape index (κ2) is 5.06. The largest absolute Gasteiger partial charge is 0.496 e. The number of hydrogen-bond donors (Lipinski definition) is 1. The zero-order valence-corrected chi connectivity index (χ0v) is 11.0. The summed E-state index contributed by atoms with van der Waals surface area (Å²) in [4.78, 5) is 0. The third-order valence-corrected chi connectivity index (χ3v) is 4.01. The highest BCUT2D eigenvalue weighted by atomic mass is 16.5. The predicted molar refractivity (Wildman–Crippen MR) is 75.5 cm³/mol. The lowest BCUT2D eigenvalue weighted by Crippen LogP contribution is -2.19. The van der Waals surface area contributed by atoms with Crippen molar-refractivity contribution in [1.82, 2.24) is 0 Å². The van der Waals surface area contributed by atoms with Crippen molar-refractivity contribution in [2.24, 2.45) is 0 Å². The van der Waals surface area contributed by atoms with Crippen LogP contribution in [0.3, 0.4) is 0 Å². The number of benzene rings is 2. The van der Waals surface area contributed by atoms with Gasteiger partial charge in [0.2, 0.25) is 0 Å². The van der Waals surface area contributed by atoms with Gasteiger partial charge >= 0.3 is 0 Å². The van der Waals surface area contributed by atoms with Gasteiger partial charge in [0, 0.05) is 11.5 Å². The summed E-state index contributed by atoms with van der Waals surface area (Å²) >= 11 is 0. The number of ether oxygens (including phenoxy) is 1. The predicted octanol–water partition coefficient (Wildman–Crippen LogP) is 3.46. The number of methoxy groups -OCH3 is 1. The van der Waals surface area contributed by atoms with Crippen LogP contribution in [0.1, 0.15) is 35.1 Å². The summed E-state index contributed by atoms with van der Waals surface area (Å²) in [6.07, 6.45) is 1.48. The Kier molecular flexibility index (Phi) is 3.26. The molecular formula is C17H18O2. The lowest BCUT2D eigenvalue weighted by molar-refractivity contribution is 0.128. The molecule has 0 bridgehead atoms. The van der Waals surface area contributed by atoms with E-state index in [0.717, 1.165) is 24.2 Å². The minimum absolute atomic E-state index is 0.157. The van der Waals surface area contributed by atoms with E-state index in [0.29, 0.717) is 0 Å². The fraction of sp³-hybridized carbons (Fsp3) is 0.294. The standard InChI is InChI=1S/C17H18O2/c1-19-15-9-5-8-13-10-11-14(17(18)16(13)15)12-6-3-2-4-7-12/h2-9,14,17-18H,10-11H2,1H3/t14-,17+/m1/s1. The van der Waals surface area contributed by atoms with E-state index in [1.165, 1.54) is 11.1 Å². The smallest absolute Gasteiger partial charge is 0.124 e. The quantitative estimate of drug-likeness (QED) is 0.889. The fourth-order valence-electron chi connectivity index (χ4n) is 3.04. The van der Waals surface area contributed by atoms with Gasteiger partial charge in [-0.15, -0.1) is 0 Å². The average Bonchev–Trinajstić information content (AvgIpc) is 2.48. The molecule has 3 rings (SSSR count). The van der Waals surface area contributed by atoms with E-state index in [1.807, 2.05) is 30.3 Å². The summed E-state index contributed by atoms with van der Waals surface area (Å²) in [6, 6.07) is 16.3. The third kappa shape index (κ3) is 2.13. The van der Waals surface area contributed by atoms with Crippen LogP contribution in [0.5, 0.6) is 5.75 Å². The van der Waals surface area contributed by atoms with Gasteiger partial charge < -0.3 is 9.84 Å². The molecule has 2 aromatic rings. The van der Waals surface area contributed by atoms with Crippen molar-refractivity contribution in [3.8, 4) is 5.75 Å². The molecule has 1 N–H and O–H groups in total. The minimum atomic E-state index is -0.484. The average molecular weight is 254 g/mol. The van der Waals surface area contributed by atoms with Crippen molar-refractivity contribution in [2.45, 2.75) is 24.9 Å². The number of aryl methyl sites for hydroxylation is 1. The van der Waals surface area contributed by atoms with Gasteiger partial charge in [-0.1, -0.05) is 42.5 Å². The summed E-state index contributed by atoms with van der Waals surface area (Å²) in [5.41, 5.74) is 3.37. The molecular weight excluding hydrogens is 236 g/mol. The topological polar surface area (TPSA) is 29.5 Å². The molecule has 0 heterocycles. The summed E-state index contributed by atoms with van der Waals surface area (Å²) in [7, 11) is 1.66. The Balaban J connectivity index is 2.02. The number of aliphatic hydroxyl groups excluding tert-OH is 1. The van der Waals surface area contributed by atoms with Crippen LogP contribution >= 0.6 is 0 Å². The number of aliphatic hydroxyl groups is 1. The molecule has 0 saturated heterocycles. The lowest BCUT2D eigenvalue weighted by Gasteiger charge is -2.31. The zero-order valence-electron chi connectivity index (χ0n) is 11.0. The molecule has 0 saturated carbocycles. The zero-order chi connectivity index (χ0) is 13.2. The Labute approximate surface area is 113 Å². The maximum atomic E-state index is 10.7. The van der Waals surface area contributed by atoms with Gasteiger partial charge in [-0.25, -0.2) is 0 Å². The first-order valence-electron chi connectivity index (χ1n) is 6.70. The Morgan fingerprint density at radius 1 is 1.05 bits per heavy atom. The first-order valence-corrected chi connectivity index (χ1v) is 6.70. The number of hydrogen-bond acceptors (Lipinski definition) is 2. The Bertz CT molecular complexity index is 548. The van der Waals surface area contributed by atoms with Crippen LogP contribution in [0, 0.1) is 0 Å². The molecule has 2 atom stereocenters. The summed E-state index contributed by atoms with van der Waals surface area (Å²) < 4.78 is 5.41. The van der Waals surface area contributed by atoms with Gasteiger partial charge in [0.15, 0.2) is 0 Å². The second-order valence-corrected chi connectivity index (χ2v) is 5.03. The van der Waals surface area contributed by atoms with E-state index < -0.39 is 6.10 Å². The highest BCUT2D eigenvalue weighted by Gasteiger charge is 2.31. The molecule has 0 amide bonds. The molecule has 1 aliphatic rings. The first-order chi connectivity index (χ1) is 9.31. The van der Waals surface area contributed by atoms with Crippen molar-refractivity contribution < 1.29 is 9.84 Å². The van der Waals surface area contributed by atoms with Crippen LogP contribution in [-0.4, -0.2) is 12.2 Å². The molecule has 1 aliphatic carbocycles. The highest BCUT2D eigenvalue weighted by Crippen LogP contribution is 2.44. The fourth-order valence-corrected chi connectivity index (χ4v) is 3.04. The van der Waals surface area contributed by atoms with Crippen LogP contribution in [0.25, 0.3) is 0 Å². The lowest BCUT2D eigenvalue weighted by atomic mass is 9.77. The van der Waals surface area contributed by atoms with Crippen molar-refractivity contribution in [2.75, 3.05) is 7.11 Å². The van der Waals surface area contributed by atoms with Crippen molar-refractivity contribution in [3.63, 3.8) is 0 Å². The van der Waals surface area contributed by atoms with Crippen LogP contribution in [0.4, 0.5) is 0 Å². The molecule has 2 heteroatoms. The molecule has 0 radical (unpaired) electrons. The van der Waals surface area contributed by atoms with Crippen LogP contribution in [0.2, 0.25) is 0 Å². The van der Waals surface area contributed by atoms with E-state index in [2.05, 4.69) is 18.2 Å². The molecule has 0 aromatic heterocycles. The number of fused-ring (bicyclic) bond motifs is 1. The summed E-state index contributed by atoms with van der Waals surface area (Å²) in [5, 5.41) is 10.7. The van der Waals surface area contributed by atoms with Crippen LogP contribution < -0.4 is 4.74 Å². The van der Waals surface area contributed by atoms with Gasteiger partial charge in [-0.2, -0.15) is 0 Å². The Hall–Kier alpha value is -1.80. The Morgan fingerprint density at radius 2 is 1.84 bits per heavy atom. The first kappa shape index (κ1) is 12.2. The summed E-state index contributed by atoms with van der Waals surface area (Å²) in [5.74, 6) is 0.954. The Morgan fingerprint density at radius 3 is 2.58 bits per heavy atom. The highest BCUT2D eigenvalue weighted by molar-refractivity contribution is 5.45. The maximum absolute atomic E-state index is 10.7. The normalized spacial score (nSPS) is 21.8. The van der Waals surface area contributed by atoms with Gasteiger partial charge in [0.25, 0.3) is 0 Å². The van der Waals surface area contributed by atoms with Gasteiger partial charge in [-0.05, 0) is 30.0 Å². The SMILES string of the molecule is COc1cccc2c1[C@@H](O)[C@@H](c1ccccc1)CC2. The molecule has 0 fully saturated rings. The van der Waals surface area contributed by atoms with E-state index in [1.54, 1.807) is 7.11 Å². The van der Waals surface area contributed by atoms with Gasteiger partial charge in [0.05, 0.1) is 13.2 Å². The van der Waals surface area contributed by atoms with E-state index in [9.17, 15) is 5.11 Å². The van der Waals surface area contributed by atoms with E-state index in [-0.39, 0.29) is 5.92 Å². The molecule has 19 heavy (non-hydrogen) atoms. The van der Waals surface area contributed by atoms with E-state index >= 15 is 0 Å². The van der Waals surface area contributed by atoms with Crippen LogP contribution in [0.15, 0.2) is 48.5 Å². The van der Waals surface area contributed by atoms with Gasteiger partial charge in [-0.3, -0.25) is 0 Å². The minimum Gasteiger partial charge on any atom is -0.496 e. The van der Waals surface area contributed by atoms with Crippen molar-refractivity contribution in [1.29, 1.82) is 0 Å². The summed E-state index contributed by atoms with van der Waals surface area (Å²) in [6.45, 7) is 0. The van der Waals surface area contributed by atoms with E-state index in [4.69, 9.17) is 4.74 Å². The molecule has 2 aromatic carbocycles. The van der Waals surface area contributed by atoms with Crippen molar-refractivity contribution in [3.05, 3.63) is 65.2 Å². The second-order valence-electron chi connectivity index (χ2n) is 5.03. The number of rotatable bonds is 2. The monoisotopic (exact) mass is 254 g/mol. The van der Waals surface area contributed by atoms with Crippen molar-refractivity contribution >= 4 is 0 Å². The molecule has 98 valence electrons. The molecule has 0 spiro atoms. The molecule has 0 aliphatic heterocycles. The van der Waals surface area contributed by atoms with Gasteiger partial charge in [0.1, 0.15) is 5.75 Å². The molecule has 2 nitrogen and oxygen atoms in total. The maximum Gasteiger partial charge on any atom is 0.124 e. The third-order valence-electron chi connectivity index (χ3n) is 4.01.